The Hall–Kier alpha value is -3.55. The predicted molar refractivity (Wildman–Crippen MR) is 154 cm³/mol. The summed E-state index contributed by atoms with van der Waals surface area (Å²) in [6.07, 6.45) is 2.45. The summed E-state index contributed by atoms with van der Waals surface area (Å²) in [5.41, 5.74) is 1.45. The number of likely N-dealkylation sites (N-methyl/N-ethyl adjacent to an activating group) is 2. The lowest BCUT2D eigenvalue weighted by Crippen LogP contribution is -2.62. The summed E-state index contributed by atoms with van der Waals surface area (Å²) in [7, 11) is 4.63. The van der Waals surface area contributed by atoms with E-state index in [2.05, 4.69) is 34.2 Å². The van der Waals surface area contributed by atoms with E-state index in [4.69, 9.17) is 14.2 Å². The zero-order valence-electron chi connectivity index (χ0n) is 24.3. The van der Waals surface area contributed by atoms with Crippen molar-refractivity contribution in [3.05, 3.63) is 70.8 Å². The number of benzene rings is 2. The van der Waals surface area contributed by atoms with Crippen LogP contribution in [-0.2, 0) is 30.3 Å². The fraction of sp³-hybridized carbons (Fsp3) is 0.469. The molecule has 2 aliphatic rings. The molecule has 2 aliphatic heterocycles. The summed E-state index contributed by atoms with van der Waals surface area (Å²) in [6.45, 7) is 4.47. The fourth-order valence-electron chi connectivity index (χ4n) is 4.85. The predicted octanol–water partition coefficient (Wildman–Crippen LogP) is 2.61. The highest BCUT2D eigenvalue weighted by atomic mass is 16.7. The SMILES string of the molecule is CNC(=O)[C@@](C)(C(=O)COC1CCCCO1)N(C)C(=O)c1ccc(C#Cc2ccc(CN3CC(OC)C3)cc2)cc1. The number of methoxy groups -OCH3 is 1. The van der Waals surface area contributed by atoms with Crippen LogP contribution in [0.15, 0.2) is 48.5 Å². The minimum atomic E-state index is -1.76. The molecule has 1 unspecified atom stereocenters. The third-order valence-corrected chi connectivity index (χ3v) is 7.83. The standard InChI is InChI=1S/C32H39N3O6/c1-32(31(38)33-2,28(36)22-41-29-7-5-6-18-40-29)34(3)30(37)26-16-14-24(15-17-26)9-8-23-10-12-25(13-11-23)19-35-20-27(21-35)39-4/h10-17,27,29H,5-7,18-22H2,1-4H3,(H,33,38)/t29?,32-/m1/s1. The number of carbonyl (C=O) groups excluding carboxylic acids is 3. The Labute approximate surface area is 242 Å². The lowest BCUT2D eigenvalue weighted by molar-refractivity contribution is -0.174. The van der Waals surface area contributed by atoms with Gasteiger partial charge in [-0.2, -0.15) is 0 Å². The molecule has 0 spiro atoms. The molecule has 4 rings (SSSR count). The molecule has 0 bridgehead atoms. The van der Waals surface area contributed by atoms with Crippen LogP contribution >= 0.6 is 0 Å². The number of carbonyl (C=O) groups is 3. The van der Waals surface area contributed by atoms with E-state index in [1.54, 1.807) is 31.4 Å². The van der Waals surface area contributed by atoms with Gasteiger partial charge in [-0.15, -0.1) is 0 Å². The van der Waals surface area contributed by atoms with Crippen LogP contribution in [0.3, 0.4) is 0 Å². The van der Waals surface area contributed by atoms with E-state index in [-0.39, 0.29) is 6.61 Å². The average molecular weight is 562 g/mol. The highest BCUT2D eigenvalue weighted by Gasteiger charge is 2.46. The number of rotatable bonds is 10. The smallest absolute Gasteiger partial charge is 0.254 e. The second-order valence-corrected chi connectivity index (χ2v) is 10.6. The molecule has 0 aliphatic carbocycles. The van der Waals surface area contributed by atoms with Crippen molar-refractivity contribution in [1.29, 1.82) is 0 Å². The molecule has 2 atom stereocenters. The Morgan fingerprint density at radius 1 is 1.05 bits per heavy atom. The molecular formula is C32H39N3O6. The molecule has 218 valence electrons. The van der Waals surface area contributed by atoms with Gasteiger partial charge < -0.3 is 24.4 Å². The average Bonchev–Trinajstić information content (AvgIpc) is 3.00. The van der Waals surface area contributed by atoms with E-state index < -0.39 is 29.4 Å². The number of ketones is 1. The van der Waals surface area contributed by atoms with Crippen LogP contribution in [-0.4, -0.2) is 92.8 Å². The van der Waals surface area contributed by atoms with E-state index in [9.17, 15) is 14.4 Å². The van der Waals surface area contributed by atoms with Gasteiger partial charge in [0, 0.05) is 64.1 Å². The molecule has 9 nitrogen and oxygen atoms in total. The van der Waals surface area contributed by atoms with Gasteiger partial charge in [0.1, 0.15) is 6.61 Å². The van der Waals surface area contributed by atoms with Crippen molar-refractivity contribution in [2.24, 2.45) is 0 Å². The maximum Gasteiger partial charge on any atom is 0.254 e. The van der Waals surface area contributed by atoms with Crippen LogP contribution in [0.2, 0.25) is 0 Å². The van der Waals surface area contributed by atoms with Crippen molar-refractivity contribution in [3.63, 3.8) is 0 Å². The first-order chi connectivity index (χ1) is 19.7. The van der Waals surface area contributed by atoms with Crippen LogP contribution in [0.4, 0.5) is 0 Å². The lowest BCUT2D eigenvalue weighted by atomic mass is 9.92. The maximum atomic E-state index is 13.4. The van der Waals surface area contributed by atoms with Crippen LogP contribution in [0.25, 0.3) is 0 Å². The number of nitrogens with one attached hydrogen (secondary N) is 1. The van der Waals surface area contributed by atoms with Gasteiger partial charge in [0.25, 0.3) is 11.8 Å². The highest BCUT2D eigenvalue weighted by molar-refractivity contribution is 6.14. The molecule has 2 saturated heterocycles. The third-order valence-electron chi connectivity index (χ3n) is 7.83. The van der Waals surface area contributed by atoms with Gasteiger partial charge in [-0.25, -0.2) is 0 Å². The normalized spacial score (nSPS) is 18.8. The largest absolute Gasteiger partial charge is 0.379 e. The summed E-state index contributed by atoms with van der Waals surface area (Å²) >= 11 is 0. The van der Waals surface area contributed by atoms with Crippen LogP contribution < -0.4 is 5.32 Å². The van der Waals surface area contributed by atoms with Crippen molar-refractivity contribution < 1.29 is 28.6 Å². The number of ether oxygens (including phenoxy) is 3. The molecule has 0 radical (unpaired) electrons. The maximum absolute atomic E-state index is 13.4. The molecule has 0 saturated carbocycles. The molecule has 9 heteroatoms. The van der Waals surface area contributed by atoms with Crippen molar-refractivity contribution in [3.8, 4) is 11.8 Å². The van der Waals surface area contributed by atoms with Gasteiger partial charge >= 0.3 is 0 Å². The van der Waals surface area contributed by atoms with Crippen molar-refractivity contribution in [2.45, 2.75) is 50.7 Å². The highest BCUT2D eigenvalue weighted by Crippen LogP contribution is 2.21. The number of amides is 2. The van der Waals surface area contributed by atoms with Crippen molar-refractivity contribution >= 4 is 17.6 Å². The van der Waals surface area contributed by atoms with Crippen molar-refractivity contribution in [2.75, 3.05) is 47.5 Å². The minimum Gasteiger partial charge on any atom is -0.379 e. The summed E-state index contributed by atoms with van der Waals surface area (Å²) < 4.78 is 16.5. The topological polar surface area (TPSA) is 97.4 Å². The second kappa shape index (κ2) is 13.9. The summed E-state index contributed by atoms with van der Waals surface area (Å²) in [5, 5.41) is 2.51. The van der Waals surface area contributed by atoms with Gasteiger partial charge in [0.2, 0.25) is 0 Å². The molecule has 41 heavy (non-hydrogen) atoms. The van der Waals surface area contributed by atoms with E-state index >= 15 is 0 Å². The number of hydrogen-bond acceptors (Lipinski definition) is 7. The molecule has 2 aromatic carbocycles. The monoisotopic (exact) mass is 561 g/mol. The van der Waals surface area contributed by atoms with Crippen LogP contribution in [0, 0.1) is 11.8 Å². The number of nitrogens with zero attached hydrogens (tertiary/aromatic N) is 2. The van der Waals surface area contributed by atoms with Gasteiger partial charge in [-0.1, -0.05) is 24.0 Å². The molecular weight excluding hydrogens is 522 g/mol. The molecule has 1 N–H and O–H groups in total. The summed E-state index contributed by atoms with van der Waals surface area (Å²) in [5.74, 6) is 4.70. The van der Waals surface area contributed by atoms with Gasteiger partial charge in [0.15, 0.2) is 17.6 Å². The Bertz CT molecular complexity index is 1270. The molecule has 2 aromatic rings. The number of likely N-dealkylation sites (tertiary alicyclic amines) is 1. The van der Waals surface area contributed by atoms with E-state index in [1.165, 1.54) is 26.6 Å². The van der Waals surface area contributed by atoms with Crippen molar-refractivity contribution in [1.82, 2.24) is 15.1 Å². The zero-order valence-corrected chi connectivity index (χ0v) is 24.3. The minimum absolute atomic E-state index is 0.337. The Kier molecular flexibility index (Phi) is 10.3. The number of Topliss-reactive ketones (excluding diaryl/α,β-unsaturated/α-hetero) is 1. The molecule has 2 fully saturated rings. The summed E-state index contributed by atoms with van der Waals surface area (Å²) in [6, 6.07) is 15.0. The van der Waals surface area contributed by atoms with E-state index in [0.717, 1.165) is 48.5 Å². The van der Waals surface area contributed by atoms with E-state index in [1.807, 2.05) is 12.1 Å². The van der Waals surface area contributed by atoms with Crippen LogP contribution in [0.1, 0.15) is 53.2 Å². The fourth-order valence-corrected chi connectivity index (χ4v) is 4.85. The van der Waals surface area contributed by atoms with Gasteiger partial charge in [-0.3, -0.25) is 19.3 Å². The molecule has 0 aromatic heterocycles. The first-order valence-corrected chi connectivity index (χ1v) is 14.0. The third kappa shape index (κ3) is 7.40. The lowest BCUT2D eigenvalue weighted by Gasteiger charge is -2.38. The Balaban J connectivity index is 1.37. The number of hydrogen-bond donors (Lipinski definition) is 1. The Morgan fingerprint density at radius 2 is 1.68 bits per heavy atom. The first kappa shape index (κ1) is 30.4. The first-order valence-electron chi connectivity index (χ1n) is 14.0. The van der Waals surface area contributed by atoms with Crippen LogP contribution in [0.5, 0.6) is 0 Å². The molecule has 2 amide bonds. The zero-order chi connectivity index (χ0) is 29.4. The van der Waals surface area contributed by atoms with Gasteiger partial charge in [-0.05, 0) is 68.1 Å². The Morgan fingerprint density at radius 3 is 2.24 bits per heavy atom. The summed E-state index contributed by atoms with van der Waals surface area (Å²) in [4.78, 5) is 42.9. The second-order valence-electron chi connectivity index (χ2n) is 10.6. The van der Waals surface area contributed by atoms with E-state index in [0.29, 0.717) is 24.7 Å². The molecule has 2 heterocycles. The quantitative estimate of drug-likeness (QED) is 0.352. The van der Waals surface area contributed by atoms with Gasteiger partial charge in [0.05, 0.1) is 6.10 Å².